The van der Waals surface area contributed by atoms with Gasteiger partial charge in [0.1, 0.15) is 20.4 Å². The van der Waals surface area contributed by atoms with Crippen molar-refractivity contribution in [3.05, 3.63) is 138 Å². The maximum Gasteiger partial charge on any atom is 0.118 e. The minimum atomic E-state index is -2.58. The highest BCUT2D eigenvalue weighted by molar-refractivity contribution is 7.32. The Morgan fingerprint density at radius 3 is 1.98 bits per heavy atom. The van der Waals surface area contributed by atoms with Gasteiger partial charge in [-0.2, -0.15) is 0 Å². The molecule has 0 N–H and O–H groups in total. The Balaban J connectivity index is 1.97. The van der Waals surface area contributed by atoms with Gasteiger partial charge in [-0.05, 0) is 55.5 Å². The van der Waals surface area contributed by atoms with E-state index in [1.165, 1.54) is 49.1 Å². The van der Waals surface area contributed by atoms with Crippen LogP contribution in [0.25, 0.3) is 10.9 Å². The number of aryl methyl sites for hydroxylation is 1. The molecule has 0 amide bonds. The SMILES string of the molecule is C=CCOc1c([Si](C)(C)C(C)(C)C)cc(C)cc1[Si](C)(C)C1(c2ccccc2)C(c2ccccc2)=C(P)c2ccccc21. The molecule has 0 fully saturated rings. The van der Waals surface area contributed by atoms with Gasteiger partial charge in [0.25, 0.3) is 0 Å². The molecule has 43 heavy (non-hydrogen) atoms. The number of fused-ring (bicyclic) bond motifs is 1. The van der Waals surface area contributed by atoms with E-state index in [4.69, 9.17) is 4.74 Å². The van der Waals surface area contributed by atoms with Gasteiger partial charge in [0.15, 0.2) is 0 Å². The average Bonchev–Trinajstić information content (AvgIpc) is 3.26. The molecule has 0 bridgehead atoms. The Morgan fingerprint density at radius 1 is 0.814 bits per heavy atom. The third-order valence-electron chi connectivity index (χ3n) is 10.3. The summed E-state index contributed by atoms with van der Waals surface area (Å²) in [5.74, 6) is 1.10. The van der Waals surface area contributed by atoms with Crippen LogP contribution in [0.4, 0.5) is 0 Å². The zero-order valence-corrected chi connectivity index (χ0v) is 30.4. The van der Waals surface area contributed by atoms with Crippen LogP contribution in [0, 0.1) is 6.92 Å². The first-order valence-corrected chi connectivity index (χ1v) is 22.0. The van der Waals surface area contributed by atoms with Crippen molar-refractivity contribution in [3.63, 3.8) is 0 Å². The summed E-state index contributed by atoms with van der Waals surface area (Å²) in [5.41, 5.74) is 8.05. The van der Waals surface area contributed by atoms with Crippen molar-refractivity contribution in [1.29, 1.82) is 0 Å². The largest absolute Gasteiger partial charge is 0.490 e. The second kappa shape index (κ2) is 11.5. The first-order valence-electron chi connectivity index (χ1n) is 15.4. The minimum Gasteiger partial charge on any atom is -0.490 e. The topological polar surface area (TPSA) is 9.23 Å². The number of hydrogen-bond donors (Lipinski definition) is 0. The van der Waals surface area contributed by atoms with Gasteiger partial charge < -0.3 is 4.74 Å². The van der Waals surface area contributed by atoms with Crippen molar-refractivity contribution in [2.45, 2.75) is 64.0 Å². The molecule has 2 unspecified atom stereocenters. The molecule has 0 heterocycles. The van der Waals surface area contributed by atoms with Crippen LogP contribution in [0.15, 0.2) is 110 Å². The Labute approximate surface area is 264 Å². The average molecular weight is 619 g/mol. The molecule has 222 valence electrons. The Hall–Kier alpha value is -2.98. The van der Waals surface area contributed by atoms with Crippen molar-refractivity contribution < 1.29 is 4.74 Å². The number of ether oxygens (including phenoxy) is 1. The third kappa shape index (κ3) is 4.94. The van der Waals surface area contributed by atoms with Crippen molar-refractivity contribution >= 4 is 46.6 Å². The minimum absolute atomic E-state index is 0.162. The van der Waals surface area contributed by atoms with E-state index in [2.05, 4.69) is 167 Å². The van der Waals surface area contributed by atoms with E-state index in [0.717, 1.165) is 5.75 Å². The molecule has 1 aliphatic rings. The van der Waals surface area contributed by atoms with E-state index >= 15 is 0 Å². The summed E-state index contributed by atoms with van der Waals surface area (Å²) in [6.07, 6.45) is 1.89. The predicted octanol–water partition coefficient (Wildman–Crippen LogP) is 9.47. The number of benzene rings is 4. The van der Waals surface area contributed by atoms with Gasteiger partial charge in [0.05, 0.1) is 8.07 Å². The summed E-state index contributed by atoms with van der Waals surface area (Å²) in [5, 5.41) is 3.91. The van der Waals surface area contributed by atoms with Gasteiger partial charge in [0.2, 0.25) is 0 Å². The molecular weight excluding hydrogens is 572 g/mol. The highest BCUT2D eigenvalue weighted by atomic mass is 31.0. The number of hydrogen-bond acceptors (Lipinski definition) is 1. The lowest BCUT2D eigenvalue weighted by atomic mass is 9.84. The molecule has 0 aliphatic heterocycles. The monoisotopic (exact) mass is 618 g/mol. The van der Waals surface area contributed by atoms with Gasteiger partial charge in [0, 0.05) is 5.04 Å². The van der Waals surface area contributed by atoms with E-state index < -0.39 is 16.1 Å². The quantitative estimate of drug-likeness (QED) is 0.109. The van der Waals surface area contributed by atoms with Gasteiger partial charge in [-0.3, -0.25) is 0 Å². The van der Waals surface area contributed by atoms with Crippen LogP contribution >= 0.6 is 9.24 Å². The molecule has 0 saturated carbocycles. The molecule has 5 rings (SSSR count). The van der Waals surface area contributed by atoms with Crippen LogP contribution in [0.3, 0.4) is 0 Å². The van der Waals surface area contributed by atoms with E-state index in [-0.39, 0.29) is 10.1 Å². The van der Waals surface area contributed by atoms with Crippen LogP contribution in [-0.4, -0.2) is 22.8 Å². The maximum atomic E-state index is 6.87. The highest BCUT2D eigenvalue weighted by Gasteiger charge is 2.58. The van der Waals surface area contributed by atoms with E-state index in [0.29, 0.717) is 6.61 Å². The predicted molar refractivity (Wildman–Crippen MR) is 197 cm³/mol. The van der Waals surface area contributed by atoms with Crippen LogP contribution in [0.1, 0.15) is 48.6 Å². The standard InChI is InChI=1S/C39H47OPSi2/c1-10-25-40-36-33(42(6,7)38(3,4)5)26-28(2)27-34(36)43(8,9)39(30-21-15-12-16-22-30)32-24-18-17-23-31(32)37(41)35(39)29-19-13-11-14-20-29/h10-24,26-27H,1,25,41H2,2-9H3. The third-order valence-corrected chi connectivity index (χ3v) is 20.7. The lowest BCUT2D eigenvalue weighted by molar-refractivity contribution is 0.368. The molecule has 0 radical (unpaired) electrons. The summed E-state index contributed by atoms with van der Waals surface area (Å²) >= 11 is 0. The summed E-state index contributed by atoms with van der Waals surface area (Å²) in [4.78, 5) is 0. The zero-order chi connectivity index (χ0) is 31.2. The fourth-order valence-electron chi connectivity index (χ4n) is 7.10. The number of allylic oxidation sites excluding steroid dienone is 1. The lowest BCUT2D eigenvalue weighted by Gasteiger charge is -2.48. The summed E-state index contributed by atoms with van der Waals surface area (Å²) < 4.78 is 6.87. The van der Waals surface area contributed by atoms with Gasteiger partial charge in [-0.1, -0.05) is 162 Å². The van der Waals surface area contributed by atoms with Crippen LogP contribution in [-0.2, 0) is 5.04 Å². The lowest BCUT2D eigenvalue weighted by Crippen LogP contribution is -2.62. The molecular formula is C39H47OPSi2. The smallest absolute Gasteiger partial charge is 0.118 e. The molecule has 4 aromatic carbocycles. The normalized spacial score (nSPS) is 17.1. The van der Waals surface area contributed by atoms with E-state index in [1.54, 1.807) is 0 Å². The zero-order valence-electron chi connectivity index (χ0n) is 27.2. The summed E-state index contributed by atoms with van der Waals surface area (Å²) in [6, 6.07) is 36.3. The van der Waals surface area contributed by atoms with E-state index in [9.17, 15) is 0 Å². The van der Waals surface area contributed by atoms with Crippen molar-refractivity contribution in [2.24, 2.45) is 0 Å². The molecule has 1 aliphatic carbocycles. The molecule has 2 atom stereocenters. The highest BCUT2D eigenvalue weighted by Crippen LogP contribution is 2.60. The molecule has 4 aromatic rings. The maximum absolute atomic E-state index is 6.87. The first kappa shape index (κ1) is 31.4. The van der Waals surface area contributed by atoms with Crippen molar-refractivity contribution in [2.75, 3.05) is 6.61 Å². The van der Waals surface area contributed by atoms with Gasteiger partial charge in [-0.15, -0.1) is 9.24 Å². The molecule has 0 spiro atoms. The second-order valence-electron chi connectivity index (χ2n) is 14.1. The van der Waals surface area contributed by atoms with Crippen molar-refractivity contribution in [1.82, 2.24) is 0 Å². The fourth-order valence-corrected chi connectivity index (χ4v) is 14.6. The molecule has 0 saturated heterocycles. The van der Waals surface area contributed by atoms with Gasteiger partial charge >= 0.3 is 0 Å². The fraction of sp³-hybridized carbons (Fsp3) is 0.282. The first-order chi connectivity index (χ1) is 20.3. The number of rotatable bonds is 8. The molecule has 0 aromatic heterocycles. The van der Waals surface area contributed by atoms with Crippen LogP contribution < -0.4 is 15.1 Å². The Morgan fingerprint density at radius 2 is 1.37 bits per heavy atom. The Bertz CT molecular complexity index is 1680. The van der Waals surface area contributed by atoms with Crippen LogP contribution in [0.2, 0.25) is 31.2 Å². The molecule has 4 heteroatoms. The van der Waals surface area contributed by atoms with E-state index in [1.807, 2.05) is 6.08 Å². The van der Waals surface area contributed by atoms with Gasteiger partial charge in [-0.25, -0.2) is 0 Å². The summed E-state index contributed by atoms with van der Waals surface area (Å²) in [7, 11) is -1.40. The Kier molecular flexibility index (Phi) is 8.42. The van der Waals surface area contributed by atoms with Crippen molar-refractivity contribution in [3.8, 4) is 5.75 Å². The van der Waals surface area contributed by atoms with Crippen LogP contribution in [0.5, 0.6) is 5.75 Å². The second-order valence-corrected chi connectivity index (χ2v) is 24.5. The molecule has 1 nitrogen and oxygen atoms in total. The summed E-state index contributed by atoms with van der Waals surface area (Å²) in [6.45, 7) is 24.2.